The lowest BCUT2D eigenvalue weighted by molar-refractivity contribution is -0.353. The van der Waals surface area contributed by atoms with Crippen LogP contribution >= 0.6 is 0 Å². The first-order chi connectivity index (χ1) is 24.4. The fraction of sp³-hybridized carbons (Fsp3) is 0.692. The molecule has 2 saturated carbocycles. The van der Waals surface area contributed by atoms with Gasteiger partial charge < -0.3 is 44.1 Å². The first kappa shape index (κ1) is 40.6. The van der Waals surface area contributed by atoms with Crippen molar-refractivity contribution in [3.63, 3.8) is 0 Å². The minimum atomic E-state index is -2.24. The van der Waals surface area contributed by atoms with E-state index in [-0.39, 0.29) is 24.5 Å². The second-order valence-corrected chi connectivity index (χ2v) is 17.2. The molecule has 5 rings (SSSR count). The molecule has 1 saturated heterocycles. The van der Waals surface area contributed by atoms with E-state index in [0.29, 0.717) is 17.6 Å². The Morgan fingerprint density at radius 1 is 1.00 bits per heavy atom. The quantitative estimate of drug-likeness (QED) is 0.118. The van der Waals surface area contributed by atoms with Gasteiger partial charge in [-0.3, -0.25) is 10.1 Å². The van der Waals surface area contributed by atoms with Crippen LogP contribution < -0.4 is 5.32 Å². The van der Waals surface area contributed by atoms with Gasteiger partial charge in [-0.25, -0.2) is 14.4 Å². The van der Waals surface area contributed by atoms with Gasteiger partial charge in [-0.1, -0.05) is 52.8 Å². The van der Waals surface area contributed by atoms with Crippen LogP contribution in [0, 0.1) is 28.1 Å². The molecule has 294 valence electrons. The van der Waals surface area contributed by atoms with Crippen LogP contribution in [0.2, 0.25) is 0 Å². The van der Waals surface area contributed by atoms with Gasteiger partial charge in [-0.2, -0.15) is 0 Å². The molecule has 53 heavy (non-hydrogen) atoms. The summed E-state index contributed by atoms with van der Waals surface area (Å²) in [5.41, 5.74) is -4.81. The van der Waals surface area contributed by atoms with E-state index in [1.54, 1.807) is 58.0 Å². The van der Waals surface area contributed by atoms with E-state index in [1.165, 1.54) is 6.92 Å². The SMILES string of the molecule is CC(=O)O[C@@]12CO[C@@H]1C[C@H](C)[C@@]1(C)[C@H](O)[C@H](O)C3=C(C)[C@@H](OC(=O)[C@H](O)[C@H](O)NC(=O)OC(C)(C)C)C[C@@](C)([C@@H](OC(=O)c4ccccc4)[C@H]21)C3(C)C. The van der Waals surface area contributed by atoms with Crippen molar-refractivity contribution in [1.29, 1.82) is 0 Å². The van der Waals surface area contributed by atoms with Gasteiger partial charge >= 0.3 is 24.0 Å². The summed E-state index contributed by atoms with van der Waals surface area (Å²) in [5.74, 6) is -3.83. The molecule has 2 bridgehead atoms. The Kier molecular flexibility index (Phi) is 10.7. The molecule has 4 aliphatic rings. The molecule has 1 heterocycles. The van der Waals surface area contributed by atoms with Crippen LogP contribution in [0.3, 0.4) is 0 Å². The van der Waals surface area contributed by atoms with Crippen LogP contribution in [0.4, 0.5) is 4.79 Å². The minimum absolute atomic E-state index is 0.0262. The molecule has 14 nitrogen and oxygen atoms in total. The monoisotopic (exact) mass is 745 g/mol. The Bertz CT molecular complexity index is 1640. The van der Waals surface area contributed by atoms with Crippen molar-refractivity contribution in [3.8, 4) is 0 Å². The van der Waals surface area contributed by atoms with E-state index >= 15 is 0 Å². The summed E-state index contributed by atoms with van der Waals surface area (Å²) >= 11 is 0. The number of amides is 1. The summed E-state index contributed by atoms with van der Waals surface area (Å²) in [7, 11) is 0. The van der Waals surface area contributed by atoms with Crippen LogP contribution in [0.5, 0.6) is 0 Å². The van der Waals surface area contributed by atoms with Gasteiger partial charge in [0.25, 0.3) is 0 Å². The summed E-state index contributed by atoms with van der Waals surface area (Å²) < 4.78 is 29.8. The number of aliphatic hydroxyl groups excluding tert-OH is 4. The standard InChI is InChI=1S/C39H55NO13/c1-19-16-24-39(18-49-24,52-21(3)41)28-30(51-32(46)22-14-12-11-13-15-22)37(9)17-23(20(2)25(36(37,7)8)26(42)29(44)38(19,28)10)50-33(47)27(43)31(45)40-34(48)53-35(4,5)6/h11-15,19,23-24,26-31,42-45H,16-18H2,1-10H3,(H,40,48)/t19-,23-,24+,26+,27+,28-,29+,30-,31-,37-,38+,39-/m0/s1. The molecular weight excluding hydrogens is 690 g/mol. The van der Waals surface area contributed by atoms with Crippen molar-refractivity contribution in [2.45, 2.75) is 136 Å². The van der Waals surface area contributed by atoms with E-state index in [2.05, 4.69) is 0 Å². The zero-order valence-corrected chi connectivity index (χ0v) is 32.2. The fourth-order valence-corrected chi connectivity index (χ4v) is 9.46. The zero-order valence-electron chi connectivity index (χ0n) is 32.2. The van der Waals surface area contributed by atoms with Crippen molar-refractivity contribution in [1.82, 2.24) is 5.32 Å². The molecule has 1 aromatic rings. The van der Waals surface area contributed by atoms with Crippen LogP contribution in [0.15, 0.2) is 41.5 Å². The molecule has 5 N–H and O–H groups in total. The first-order valence-corrected chi connectivity index (χ1v) is 18.1. The lowest BCUT2D eigenvalue weighted by Gasteiger charge is -2.70. The lowest BCUT2D eigenvalue weighted by atomic mass is 9.40. The number of rotatable bonds is 7. The molecule has 12 atom stereocenters. The smallest absolute Gasteiger partial charge is 0.409 e. The molecule has 14 heteroatoms. The van der Waals surface area contributed by atoms with Crippen LogP contribution in [-0.4, -0.2) is 105 Å². The zero-order chi connectivity index (χ0) is 39.6. The number of carbonyl (C=O) groups excluding carboxylic acids is 4. The third-order valence-corrected chi connectivity index (χ3v) is 12.7. The molecule has 0 radical (unpaired) electrons. The molecular formula is C39H55NO13. The van der Waals surface area contributed by atoms with E-state index in [0.717, 1.165) is 0 Å². The van der Waals surface area contributed by atoms with Crippen molar-refractivity contribution in [2.24, 2.45) is 28.1 Å². The number of alkyl carbamates (subject to hydrolysis) is 1. The second-order valence-electron chi connectivity index (χ2n) is 17.2. The largest absolute Gasteiger partial charge is 0.458 e. The Balaban J connectivity index is 1.65. The number of aliphatic hydroxyl groups is 4. The van der Waals surface area contributed by atoms with Gasteiger partial charge in [0.15, 0.2) is 17.9 Å². The van der Waals surface area contributed by atoms with Gasteiger partial charge in [0.1, 0.15) is 30.0 Å². The highest BCUT2D eigenvalue weighted by atomic mass is 16.6. The summed E-state index contributed by atoms with van der Waals surface area (Å²) in [4.78, 5) is 52.7. The van der Waals surface area contributed by atoms with Gasteiger partial charge in [0.05, 0.1) is 18.3 Å². The fourth-order valence-electron chi connectivity index (χ4n) is 9.46. The van der Waals surface area contributed by atoms with E-state index in [9.17, 15) is 39.6 Å². The maximum absolute atomic E-state index is 14.2. The second kappa shape index (κ2) is 13.9. The summed E-state index contributed by atoms with van der Waals surface area (Å²) in [6.07, 6.45) is -11.0. The Morgan fingerprint density at radius 2 is 1.62 bits per heavy atom. The number of nitrogens with one attached hydrogen (secondary N) is 1. The predicted octanol–water partition coefficient (Wildman–Crippen LogP) is 3.18. The number of hydrogen-bond acceptors (Lipinski definition) is 13. The molecule has 1 amide bonds. The van der Waals surface area contributed by atoms with Crippen LogP contribution in [0.1, 0.15) is 92.4 Å². The van der Waals surface area contributed by atoms with Crippen LogP contribution in [0.25, 0.3) is 0 Å². The van der Waals surface area contributed by atoms with Gasteiger partial charge in [0.2, 0.25) is 0 Å². The highest BCUT2D eigenvalue weighted by Gasteiger charge is 2.76. The summed E-state index contributed by atoms with van der Waals surface area (Å²) in [6.45, 7) is 17.0. The van der Waals surface area contributed by atoms with Crippen molar-refractivity contribution in [2.75, 3.05) is 6.61 Å². The maximum Gasteiger partial charge on any atom is 0.409 e. The third kappa shape index (κ3) is 6.75. The van der Waals surface area contributed by atoms with Gasteiger partial charge in [-0.05, 0) is 75.1 Å². The predicted molar refractivity (Wildman–Crippen MR) is 188 cm³/mol. The van der Waals surface area contributed by atoms with E-state index in [1.807, 2.05) is 39.9 Å². The van der Waals surface area contributed by atoms with Crippen molar-refractivity contribution >= 4 is 24.0 Å². The molecule has 0 aromatic heterocycles. The minimum Gasteiger partial charge on any atom is -0.458 e. The average molecular weight is 746 g/mol. The Hall–Kier alpha value is -3.56. The first-order valence-electron chi connectivity index (χ1n) is 18.1. The van der Waals surface area contributed by atoms with E-state index < -0.39 is 100 Å². The van der Waals surface area contributed by atoms with E-state index in [4.69, 9.17) is 23.7 Å². The molecule has 0 unspecified atom stereocenters. The van der Waals surface area contributed by atoms with Crippen LogP contribution in [-0.2, 0) is 33.3 Å². The molecule has 3 aliphatic carbocycles. The number of hydrogen-bond donors (Lipinski definition) is 5. The van der Waals surface area contributed by atoms with Crippen molar-refractivity contribution in [3.05, 3.63) is 47.0 Å². The number of esters is 3. The topological polar surface area (TPSA) is 207 Å². The molecule has 1 aliphatic heterocycles. The van der Waals surface area contributed by atoms with Gasteiger partial charge in [-0.15, -0.1) is 0 Å². The molecule has 1 aromatic carbocycles. The number of carbonyl (C=O) groups is 4. The Morgan fingerprint density at radius 3 is 2.17 bits per heavy atom. The number of benzene rings is 1. The lowest BCUT2D eigenvalue weighted by Crippen LogP contribution is -2.79. The molecule has 0 spiro atoms. The van der Waals surface area contributed by atoms with Gasteiger partial charge in [0, 0.05) is 23.7 Å². The maximum atomic E-state index is 14.2. The third-order valence-electron chi connectivity index (χ3n) is 12.7. The Labute approximate surface area is 310 Å². The highest BCUT2D eigenvalue weighted by Crippen LogP contribution is 2.68. The summed E-state index contributed by atoms with van der Waals surface area (Å²) in [5, 5.41) is 48.1. The number of fused-ring (bicyclic) bond motifs is 5. The normalized spacial score (nSPS) is 37.2. The highest BCUT2D eigenvalue weighted by molar-refractivity contribution is 5.89. The summed E-state index contributed by atoms with van der Waals surface area (Å²) in [6, 6.07) is 8.36. The van der Waals surface area contributed by atoms with Crippen molar-refractivity contribution < 1.29 is 63.3 Å². The number of ether oxygens (including phenoxy) is 5. The molecule has 3 fully saturated rings. The average Bonchev–Trinajstić information content (AvgIpc) is 3.05.